The molecule has 0 heterocycles. The van der Waals surface area contributed by atoms with Gasteiger partial charge < -0.3 is 14.8 Å². The molecule has 5 nitrogen and oxygen atoms in total. The van der Waals surface area contributed by atoms with Crippen LogP contribution in [0.2, 0.25) is 0 Å². The van der Waals surface area contributed by atoms with Crippen molar-refractivity contribution in [3.05, 3.63) is 0 Å². The largest absolute Gasteiger partial charge is 0.381 e. The van der Waals surface area contributed by atoms with Gasteiger partial charge in [0.05, 0.1) is 12.7 Å². The van der Waals surface area contributed by atoms with Crippen LogP contribution in [-0.2, 0) is 19.1 Å². The van der Waals surface area contributed by atoms with E-state index in [-0.39, 0.29) is 23.8 Å². The molecule has 2 fully saturated rings. The Kier molecular flexibility index (Phi) is 9.24. The molecular formula is C22H39NO4. The highest BCUT2D eigenvalue weighted by molar-refractivity contribution is 5.84. The molecule has 0 aromatic carbocycles. The van der Waals surface area contributed by atoms with Crippen LogP contribution in [0.4, 0.5) is 0 Å². The molecule has 0 bridgehead atoms. The standard InChI is InChI=1S/C22H39NO4/c1-15(2)22(25)19-11-20(12-19)23-21(24)9-10-26-13-17-5-7-18(8-6-17)14-27-16(3)4/h15-20H,5-14H2,1-4H3,(H,23,24)/t17-,18+,19-,20-. The summed E-state index contributed by atoms with van der Waals surface area (Å²) in [6.45, 7) is 10.2. The molecule has 0 spiro atoms. The van der Waals surface area contributed by atoms with Crippen molar-refractivity contribution in [2.45, 2.75) is 84.8 Å². The third kappa shape index (κ3) is 7.90. The van der Waals surface area contributed by atoms with Crippen molar-refractivity contribution in [2.75, 3.05) is 19.8 Å². The number of ketones is 1. The van der Waals surface area contributed by atoms with Crippen molar-refractivity contribution in [3.63, 3.8) is 0 Å². The zero-order valence-corrected chi connectivity index (χ0v) is 17.7. The lowest BCUT2D eigenvalue weighted by Gasteiger charge is -2.35. The molecule has 0 saturated heterocycles. The maximum atomic E-state index is 12.0. The Balaban J connectivity index is 1.47. The summed E-state index contributed by atoms with van der Waals surface area (Å²) in [6.07, 6.45) is 7.17. The highest BCUT2D eigenvalue weighted by Gasteiger charge is 2.35. The SMILES string of the molecule is CC(C)OC[C@H]1CC[C@@H](COCCC(=O)N[C@H]2C[C@H](C(=O)C(C)C)C2)CC1. The van der Waals surface area contributed by atoms with Gasteiger partial charge in [-0.3, -0.25) is 9.59 Å². The van der Waals surface area contributed by atoms with E-state index in [2.05, 4.69) is 19.2 Å². The Morgan fingerprint density at radius 1 is 0.963 bits per heavy atom. The van der Waals surface area contributed by atoms with Crippen LogP contribution in [0.25, 0.3) is 0 Å². The summed E-state index contributed by atoms with van der Waals surface area (Å²) in [5, 5.41) is 3.02. The zero-order chi connectivity index (χ0) is 19.8. The van der Waals surface area contributed by atoms with Crippen LogP contribution in [-0.4, -0.2) is 43.7 Å². The fourth-order valence-corrected chi connectivity index (χ4v) is 4.05. The normalized spacial score (nSPS) is 28.2. The number of carbonyl (C=O) groups is 2. The maximum absolute atomic E-state index is 12.0. The summed E-state index contributed by atoms with van der Waals surface area (Å²) in [4.78, 5) is 23.9. The Bertz CT molecular complexity index is 463. The van der Waals surface area contributed by atoms with Gasteiger partial charge in [-0.2, -0.15) is 0 Å². The number of carbonyl (C=O) groups excluding carboxylic acids is 2. The Hall–Kier alpha value is -0.940. The molecule has 0 radical (unpaired) electrons. The van der Waals surface area contributed by atoms with Crippen LogP contribution >= 0.6 is 0 Å². The minimum Gasteiger partial charge on any atom is -0.381 e. The van der Waals surface area contributed by atoms with Crippen LogP contribution in [0.1, 0.15) is 72.6 Å². The van der Waals surface area contributed by atoms with Gasteiger partial charge in [-0.25, -0.2) is 0 Å². The number of nitrogens with one attached hydrogen (secondary N) is 1. The number of hydrogen-bond donors (Lipinski definition) is 1. The molecule has 27 heavy (non-hydrogen) atoms. The van der Waals surface area contributed by atoms with Crippen LogP contribution in [0.3, 0.4) is 0 Å². The smallest absolute Gasteiger partial charge is 0.222 e. The zero-order valence-electron chi connectivity index (χ0n) is 17.7. The molecule has 5 heteroatoms. The predicted molar refractivity (Wildman–Crippen MR) is 106 cm³/mol. The lowest BCUT2D eigenvalue weighted by Crippen LogP contribution is -2.47. The molecule has 0 aromatic heterocycles. The topological polar surface area (TPSA) is 64.6 Å². The van der Waals surface area contributed by atoms with Crippen molar-refractivity contribution >= 4 is 11.7 Å². The molecule has 0 aromatic rings. The van der Waals surface area contributed by atoms with Gasteiger partial charge >= 0.3 is 0 Å². The van der Waals surface area contributed by atoms with E-state index in [1.54, 1.807) is 0 Å². The summed E-state index contributed by atoms with van der Waals surface area (Å²) in [5.74, 6) is 1.94. The van der Waals surface area contributed by atoms with Gasteiger partial charge in [-0.15, -0.1) is 0 Å². The Morgan fingerprint density at radius 3 is 2.11 bits per heavy atom. The first-order chi connectivity index (χ1) is 12.8. The van der Waals surface area contributed by atoms with Crippen molar-refractivity contribution in [1.29, 1.82) is 0 Å². The van der Waals surface area contributed by atoms with Crippen LogP contribution in [0.15, 0.2) is 0 Å². The number of amides is 1. The molecule has 2 rings (SSSR count). The molecular weight excluding hydrogens is 342 g/mol. The van der Waals surface area contributed by atoms with E-state index in [1.807, 2.05) is 13.8 Å². The van der Waals surface area contributed by atoms with E-state index < -0.39 is 0 Å². The van der Waals surface area contributed by atoms with Gasteiger partial charge in [-0.1, -0.05) is 13.8 Å². The quantitative estimate of drug-likeness (QED) is 0.554. The monoisotopic (exact) mass is 381 g/mol. The van der Waals surface area contributed by atoms with Gasteiger partial charge in [0.1, 0.15) is 5.78 Å². The van der Waals surface area contributed by atoms with Crippen LogP contribution < -0.4 is 5.32 Å². The van der Waals surface area contributed by atoms with Crippen LogP contribution in [0.5, 0.6) is 0 Å². The second-order valence-electron chi connectivity index (χ2n) is 9.08. The van der Waals surface area contributed by atoms with Crippen molar-refractivity contribution in [3.8, 4) is 0 Å². The summed E-state index contributed by atoms with van der Waals surface area (Å²) >= 11 is 0. The molecule has 0 atom stereocenters. The molecule has 2 aliphatic rings. The van der Waals surface area contributed by atoms with Crippen LogP contribution in [0, 0.1) is 23.7 Å². The average molecular weight is 382 g/mol. The Labute approximate surface area is 164 Å². The fraction of sp³-hybridized carbons (Fsp3) is 0.909. The van der Waals surface area contributed by atoms with Gasteiger partial charge in [0.2, 0.25) is 5.91 Å². The van der Waals surface area contributed by atoms with E-state index in [4.69, 9.17) is 9.47 Å². The van der Waals surface area contributed by atoms with E-state index >= 15 is 0 Å². The molecule has 2 saturated carbocycles. The molecule has 2 aliphatic carbocycles. The minimum atomic E-state index is 0.0463. The number of Topliss-reactive ketones (excluding diaryl/α,β-unsaturated/α-hetero) is 1. The van der Waals surface area contributed by atoms with Crippen molar-refractivity contribution in [1.82, 2.24) is 5.32 Å². The van der Waals surface area contributed by atoms with Gasteiger partial charge in [0.15, 0.2) is 0 Å². The first kappa shape index (κ1) is 22.4. The van der Waals surface area contributed by atoms with E-state index in [9.17, 15) is 9.59 Å². The summed E-state index contributed by atoms with van der Waals surface area (Å²) in [6, 6.07) is 0.175. The highest BCUT2D eigenvalue weighted by atomic mass is 16.5. The fourth-order valence-electron chi connectivity index (χ4n) is 4.05. The first-order valence-corrected chi connectivity index (χ1v) is 10.9. The average Bonchev–Trinajstić information content (AvgIpc) is 2.60. The maximum Gasteiger partial charge on any atom is 0.222 e. The minimum absolute atomic E-state index is 0.0463. The van der Waals surface area contributed by atoms with E-state index in [0.29, 0.717) is 36.8 Å². The Morgan fingerprint density at radius 2 is 1.56 bits per heavy atom. The van der Waals surface area contributed by atoms with E-state index in [1.165, 1.54) is 25.7 Å². The molecule has 0 unspecified atom stereocenters. The second kappa shape index (κ2) is 11.2. The number of rotatable bonds is 11. The molecule has 1 N–H and O–H groups in total. The summed E-state index contributed by atoms with van der Waals surface area (Å²) in [7, 11) is 0. The van der Waals surface area contributed by atoms with E-state index in [0.717, 1.165) is 26.1 Å². The van der Waals surface area contributed by atoms with Gasteiger partial charge in [0.25, 0.3) is 0 Å². The highest BCUT2D eigenvalue weighted by Crippen LogP contribution is 2.31. The molecule has 156 valence electrons. The van der Waals surface area contributed by atoms with Gasteiger partial charge in [-0.05, 0) is 64.2 Å². The number of hydrogen-bond acceptors (Lipinski definition) is 4. The lowest BCUT2D eigenvalue weighted by atomic mass is 9.75. The third-order valence-corrected chi connectivity index (χ3v) is 5.93. The van der Waals surface area contributed by atoms with Crippen molar-refractivity contribution < 1.29 is 19.1 Å². The predicted octanol–water partition coefficient (Wildman–Crippen LogP) is 3.74. The van der Waals surface area contributed by atoms with Gasteiger partial charge in [0, 0.05) is 37.5 Å². The third-order valence-electron chi connectivity index (χ3n) is 5.93. The van der Waals surface area contributed by atoms with Crippen molar-refractivity contribution in [2.24, 2.45) is 23.7 Å². The lowest BCUT2D eigenvalue weighted by molar-refractivity contribution is -0.131. The molecule has 0 aliphatic heterocycles. The summed E-state index contributed by atoms with van der Waals surface area (Å²) < 4.78 is 11.5. The number of ether oxygens (including phenoxy) is 2. The second-order valence-corrected chi connectivity index (χ2v) is 9.08. The molecule has 1 amide bonds. The summed E-state index contributed by atoms with van der Waals surface area (Å²) in [5.41, 5.74) is 0. The first-order valence-electron chi connectivity index (χ1n) is 10.9.